The standard InChI is InChI=1S/C27H44O7S/c1-3-5-6-7-8-9-10-11-12-13-14-15-18-22-33-26(28)23-20-16-17-21-24(23)27(29)34-25(19-4-2)35(30,31)32/h16-17,20-21,25H,3-15,18-19,22H2,1-2H3,(H,30,31,32). The summed E-state index contributed by atoms with van der Waals surface area (Å²) in [7, 11) is -4.56. The number of ether oxygens (including phenoxy) is 2. The first-order valence-corrected chi connectivity index (χ1v) is 14.7. The summed E-state index contributed by atoms with van der Waals surface area (Å²) in [5, 5.41) is 0. The van der Waals surface area contributed by atoms with Crippen molar-refractivity contribution in [2.45, 2.75) is 116 Å². The molecule has 1 atom stereocenters. The molecule has 1 aromatic carbocycles. The van der Waals surface area contributed by atoms with Crippen molar-refractivity contribution in [1.82, 2.24) is 0 Å². The smallest absolute Gasteiger partial charge is 0.340 e. The Morgan fingerprint density at radius 1 is 0.743 bits per heavy atom. The van der Waals surface area contributed by atoms with Crippen molar-refractivity contribution in [2.75, 3.05) is 6.61 Å². The maximum absolute atomic E-state index is 12.5. The highest BCUT2D eigenvalue weighted by Crippen LogP contribution is 2.17. The quantitative estimate of drug-likeness (QED) is 0.113. The monoisotopic (exact) mass is 512 g/mol. The first-order valence-electron chi connectivity index (χ1n) is 13.2. The first kappa shape index (κ1) is 31.1. The molecule has 0 saturated heterocycles. The van der Waals surface area contributed by atoms with E-state index in [9.17, 15) is 22.6 Å². The number of esters is 2. The molecule has 0 radical (unpaired) electrons. The van der Waals surface area contributed by atoms with E-state index in [1.165, 1.54) is 76.3 Å². The largest absolute Gasteiger partial charge is 0.462 e. The van der Waals surface area contributed by atoms with Crippen LogP contribution < -0.4 is 0 Å². The normalized spacial score (nSPS) is 12.3. The summed E-state index contributed by atoms with van der Waals surface area (Å²) >= 11 is 0. The first-order chi connectivity index (χ1) is 16.8. The van der Waals surface area contributed by atoms with E-state index in [0.717, 1.165) is 19.3 Å². The van der Waals surface area contributed by atoms with Crippen LogP contribution in [-0.4, -0.2) is 37.0 Å². The molecule has 1 unspecified atom stereocenters. The van der Waals surface area contributed by atoms with Crippen molar-refractivity contribution >= 4 is 22.1 Å². The Hall–Kier alpha value is -1.93. The van der Waals surface area contributed by atoms with Gasteiger partial charge in [0.25, 0.3) is 0 Å². The molecule has 200 valence electrons. The molecule has 1 aromatic rings. The summed E-state index contributed by atoms with van der Waals surface area (Å²) in [5.41, 5.74) is -1.75. The van der Waals surface area contributed by atoms with Gasteiger partial charge in [0.1, 0.15) is 0 Å². The van der Waals surface area contributed by atoms with Crippen molar-refractivity contribution < 1.29 is 32.0 Å². The second-order valence-electron chi connectivity index (χ2n) is 9.06. The summed E-state index contributed by atoms with van der Waals surface area (Å²) < 4.78 is 42.5. The Balaban J connectivity index is 2.31. The maximum Gasteiger partial charge on any atom is 0.340 e. The van der Waals surface area contributed by atoms with Crippen molar-refractivity contribution in [1.29, 1.82) is 0 Å². The van der Waals surface area contributed by atoms with E-state index >= 15 is 0 Å². The van der Waals surface area contributed by atoms with E-state index in [0.29, 0.717) is 6.42 Å². The molecule has 0 amide bonds. The number of hydrogen-bond acceptors (Lipinski definition) is 6. The highest BCUT2D eigenvalue weighted by Gasteiger charge is 2.28. The predicted octanol–water partition coefficient (Wildman–Crippen LogP) is 7.11. The van der Waals surface area contributed by atoms with Crippen molar-refractivity contribution in [3.63, 3.8) is 0 Å². The Kier molecular flexibility index (Phi) is 16.3. The molecule has 8 heteroatoms. The van der Waals surface area contributed by atoms with Gasteiger partial charge in [-0.3, -0.25) is 4.55 Å². The Morgan fingerprint density at radius 3 is 1.66 bits per heavy atom. The van der Waals surface area contributed by atoms with Gasteiger partial charge in [-0.2, -0.15) is 8.42 Å². The Morgan fingerprint density at radius 2 is 1.20 bits per heavy atom. The zero-order chi connectivity index (χ0) is 25.9. The predicted molar refractivity (Wildman–Crippen MR) is 138 cm³/mol. The SMILES string of the molecule is CCCCCCCCCCCCCCCOC(=O)c1ccccc1C(=O)OC(CCC)S(=O)(=O)O. The average molecular weight is 513 g/mol. The van der Waals surface area contributed by atoms with Gasteiger partial charge < -0.3 is 9.47 Å². The molecular formula is C27H44O7S. The van der Waals surface area contributed by atoms with E-state index in [1.807, 2.05) is 0 Å². The van der Waals surface area contributed by atoms with E-state index in [2.05, 4.69) is 6.92 Å². The summed E-state index contributed by atoms with van der Waals surface area (Å²) in [6.45, 7) is 4.19. The van der Waals surface area contributed by atoms with Gasteiger partial charge in [-0.05, 0) is 18.6 Å². The van der Waals surface area contributed by atoms with Crippen molar-refractivity contribution in [3.05, 3.63) is 35.4 Å². The number of benzene rings is 1. The molecule has 0 heterocycles. The van der Waals surface area contributed by atoms with Crippen LogP contribution in [0.3, 0.4) is 0 Å². The van der Waals surface area contributed by atoms with Crippen molar-refractivity contribution in [3.8, 4) is 0 Å². The molecule has 0 fully saturated rings. The van der Waals surface area contributed by atoms with Gasteiger partial charge in [-0.1, -0.05) is 109 Å². The van der Waals surface area contributed by atoms with Gasteiger partial charge in [-0.15, -0.1) is 0 Å². The third-order valence-corrected chi connectivity index (χ3v) is 6.94. The molecular weight excluding hydrogens is 468 g/mol. The van der Waals surface area contributed by atoms with Crippen LogP contribution in [-0.2, 0) is 19.6 Å². The molecule has 0 aliphatic carbocycles. The van der Waals surface area contributed by atoms with E-state index < -0.39 is 27.5 Å². The van der Waals surface area contributed by atoms with Crippen LogP contribution in [0.25, 0.3) is 0 Å². The minimum absolute atomic E-state index is 0.0118. The Labute approximate surface area is 211 Å². The van der Waals surface area contributed by atoms with Crippen LogP contribution in [0.15, 0.2) is 24.3 Å². The van der Waals surface area contributed by atoms with Gasteiger partial charge in [-0.25, -0.2) is 9.59 Å². The minimum Gasteiger partial charge on any atom is -0.462 e. The van der Waals surface area contributed by atoms with Crippen LogP contribution in [0, 0.1) is 0 Å². The third-order valence-electron chi connectivity index (χ3n) is 5.94. The van der Waals surface area contributed by atoms with Crippen LogP contribution in [0.5, 0.6) is 0 Å². The molecule has 0 aliphatic rings. The highest BCUT2D eigenvalue weighted by atomic mass is 32.2. The van der Waals surface area contributed by atoms with Gasteiger partial charge in [0.05, 0.1) is 17.7 Å². The summed E-state index contributed by atoms with van der Waals surface area (Å²) in [4.78, 5) is 25.0. The fourth-order valence-electron chi connectivity index (χ4n) is 3.89. The number of rotatable bonds is 20. The molecule has 1 rings (SSSR count). The second-order valence-corrected chi connectivity index (χ2v) is 10.6. The average Bonchev–Trinajstić information content (AvgIpc) is 2.83. The summed E-state index contributed by atoms with van der Waals surface area (Å²) in [6, 6.07) is 5.94. The molecule has 0 saturated carbocycles. The lowest BCUT2D eigenvalue weighted by Crippen LogP contribution is -2.27. The second kappa shape index (κ2) is 18.4. The van der Waals surface area contributed by atoms with Crippen LogP contribution in [0.1, 0.15) is 131 Å². The van der Waals surface area contributed by atoms with Gasteiger partial charge in [0.15, 0.2) is 0 Å². The number of carbonyl (C=O) groups excluding carboxylic acids is 2. The molecule has 0 aliphatic heterocycles. The van der Waals surface area contributed by atoms with E-state index in [-0.39, 0.29) is 24.2 Å². The fourth-order valence-corrected chi connectivity index (χ4v) is 4.63. The molecule has 0 aromatic heterocycles. The lowest BCUT2D eigenvalue weighted by atomic mass is 10.0. The number of unbranched alkanes of at least 4 members (excludes halogenated alkanes) is 12. The van der Waals surface area contributed by atoms with Crippen LogP contribution in [0.2, 0.25) is 0 Å². The minimum atomic E-state index is -4.56. The number of carbonyl (C=O) groups is 2. The lowest BCUT2D eigenvalue weighted by Gasteiger charge is -2.15. The van der Waals surface area contributed by atoms with E-state index in [1.54, 1.807) is 19.1 Å². The van der Waals surface area contributed by atoms with Crippen LogP contribution >= 0.6 is 0 Å². The molecule has 7 nitrogen and oxygen atoms in total. The zero-order valence-electron chi connectivity index (χ0n) is 21.5. The lowest BCUT2D eigenvalue weighted by molar-refractivity contribution is 0.0395. The maximum atomic E-state index is 12.5. The summed E-state index contributed by atoms with van der Waals surface area (Å²) in [5.74, 6) is -1.65. The summed E-state index contributed by atoms with van der Waals surface area (Å²) in [6.07, 6.45) is 16.3. The Bertz CT molecular complexity index is 836. The molecule has 0 bridgehead atoms. The number of hydrogen-bond donors (Lipinski definition) is 1. The highest BCUT2D eigenvalue weighted by molar-refractivity contribution is 7.86. The van der Waals surface area contributed by atoms with Gasteiger partial charge >= 0.3 is 22.1 Å². The van der Waals surface area contributed by atoms with Crippen molar-refractivity contribution in [2.24, 2.45) is 0 Å². The van der Waals surface area contributed by atoms with E-state index in [4.69, 9.17) is 9.47 Å². The molecule has 1 N–H and O–H groups in total. The zero-order valence-corrected chi connectivity index (χ0v) is 22.3. The third kappa shape index (κ3) is 13.7. The fraction of sp³-hybridized carbons (Fsp3) is 0.704. The topological polar surface area (TPSA) is 107 Å². The van der Waals surface area contributed by atoms with Gasteiger partial charge in [0.2, 0.25) is 5.44 Å². The van der Waals surface area contributed by atoms with Gasteiger partial charge in [0, 0.05) is 6.42 Å². The molecule has 0 spiro atoms. The van der Waals surface area contributed by atoms with Crippen LogP contribution in [0.4, 0.5) is 0 Å². The molecule has 35 heavy (non-hydrogen) atoms.